The Bertz CT molecular complexity index is 312. The molecule has 0 N–H and O–H groups in total. The third-order valence-electron chi connectivity index (χ3n) is 1.66. The smallest absolute Gasteiger partial charge is 0.194 e. The minimum atomic E-state index is -0.0636. The summed E-state index contributed by atoms with van der Waals surface area (Å²) < 4.78 is 4.93. The Morgan fingerprint density at radius 2 is 1.92 bits per heavy atom. The molecule has 0 unspecified atom stereocenters. The van der Waals surface area contributed by atoms with E-state index in [1.165, 1.54) is 14.0 Å². The van der Waals surface area contributed by atoms with Gasteiger partial charge in [-0.3, -0.25) is 4.79 Å². The summed E-state index contributed by atoms with van der Waals surface area (Å²) in [7, 11) is 1.50. The molecular weight excluding hydrogens is 164 g/mol. The molecule has 0 aliphatic heterocycles. The maximum absolute atomic E-state index is 11.0. The quantitative estimate of drug-likeness (QED) is 0.521. The number of ketones is 1. The van der Waals surface area contributed by atoms with Gasteiger partial charge in [-0.25, -0.2) is 0 Å². The number of benzene rings is 1. The maximum atomic E-state index is 11.0. The minimum Gasteiger partial charge on any atom is -0.493 e. The normalized spacial score (nSPS) is 11.1. The highest BCUT2D eigenvalue weighted by molar-refractivity contribution is 5.95. The molecule has 0 aliphatic rings. The van der Waals surface area contributed by atoms with Crippen molar-refractivity contribution in [3.63, 3.8) is 0 Å². The van der Waals surface area contributed by atoms with Crippen LogP contribution in [-0.4, -0.2) is 12.9 Å². The summed E-state index contributed by atoms with van der Waals surface area (Å²) in [5.41, 5.74) is 0.967. The summed E-state index contributed by atoms with van der Waals surface area (Å²) in [5, 5.41) is 0. The molecule has 2 heteroatoms. The average Bonchev–Trinajstić information content (AvgIpc) is 2.15. The van der Waals surface area contributed by atoms with E-state index in [4.69, 9.17) is 4.74 Å². The van der Waals surface area contributed by atoms with Crippen molar-refractivity contribution in [1.82, 2.24) is 0 Å². The summed E-state index contributed by atoms with van der Waals surface area (Å²) >= 11 is 0. The monoisotopic (exact) mass is 176 g/mol. The molecule has 1 aromatic carbocycles. The van der Waals surface area contributed by atoms with Crippen molar-refractivity contribution >= 4 is 11.9 Å². The van der Waals surface area contributed by atoms with Crippen molar-refractivity contribution < 1.29 is 9.53 Å². The van der Waals surface area contributed by atoms with Gasteiger partial charge in [0.15, 0.2) is 11.5 Å². The van der Waals surface area contributed by atoms with Crippen LogP contribution in [0.1, 0.15) is 12.5 Å². The predicted octanol–water partition coefficient (Wildman–Crippen LogP) is 2.26. The third kappa shape index (κ3) is 2.75. The zero-order valence-electron chi connectivity index (χ0n) is 7.78. The van der Waals surface area contributed by atoms with Gasteiger partial charge in [-0.15, -0.1) is 0 Å². The van der Waals surface area contributed by atoms with Crippen LogP contribution in [0.5, 0.6) is 0 Å². The van der Waals surface area contributed by atoms with Gasteiger partial charge in [0.2, 0.25) is 0 Å². The second-order valence-electron chi connectivity index (χ2n) is 2.68. The minimum absolute atomic E-state index is 0.0636. The van der Waals surface area contributed by atoms with Crippen molar-refractivity contribution in [2.45, 2.75) is 6.92 Å². The first kappa shape index (κ1) is 9.52. The van der Waals surface area contributed by atoms with Crippen LogP contribution in [0.2, 0.25) is 0 Å². The van der Waals surface area contributed by atoms with E-state index in [-0.39, 0.29) is 5.78 Å². The molecule has 0 bridgehead atoms. The van der Waals surface area contributed by atoms with Crippen molar-refractivity contribution in [1.29, 1.82) is 0 Å². The topological polar surface area (TPSA) is 26.3 Å². The summed E-state index contributed by atoms with van der Waals surface area (Å²) in [4.78, 5) is 11.0. The molecule has 0 fully saturated rings. The molecule has 1 aromatic rings. The first-order valence-corrected chi connectivity index (χ1v) is 4.05. The SMILES string of the molecule is COC(=Cc1ccccc1)C(C)=O. The number of carbonyl (C=O) groups excluding carboxylic acids is 1. The van der Waals surface area contributed by atoms with E-state index in [1.807, 2.05) is 30.3 Å². The second kappa shape index (κ2) is 4.45. The van der Waals surface area contributed by atoms with Crippen LogP contribution in [-0.2, 0) is 9.53 Å². The van der Waals surface area contributed by atoms with Gasteiger partial charge in [0.1, 0.15) is 0 Å². The first-order chi connectivity index (χ1) is 6.24. The van der Waals surface area contributed by atoms with Crippen LogP contribution in [0.4, 0.5) is 0 Å². The lowest BCUT2D eigenvalue weighted by Crippen LogP contribution is -1.98. The molecule has 0 heterocycles. The molecule has 0 amide bonds. The van der Waals surface area contributed by atoms with Crippen molar-refractivity contribution in [3.8, 4) is 0 Å². The second-order valence-corrected chi connectivity index (χ2v) is 2.68. The van der Waals surface area contributed by atoms with Gasteiger partial charge in [-0.2, -0.15) is 0 Å². The standard InChI is InChI=1S/C11H12O2/c1-9(12)11(13-2)8-10-6-4-3-5-7-10/h3-8H,1-2H3. The van der Waals surface area contributed by atoms with E-state index in [9.17, 15) is 4.79 Å². The van der Waals surface area contributed by atoms with E-state index < -0.39 is 0 Å². The van der Waals surface area contributed by atoms with Crippen LogP contribution in [0, 0.1) is 0 Å². The molecule has 0 radical (unpaired) electrons. The van der Waals surface area contributed by atoms with Crippen molar-refractivity contribution in [2.24, 2.45) is 0 Å². The summed E-state index contributed by atoms with van der Waals surface area (Å²) in [5.74, 6) is 0.317. The maximum Gasteiger partial charge on any atom is 0.194 e. The fourth-order valence-electron chi connectivity index (χ4n) is 1.00. The van der Waals surface area contributed by atoms with Gasteiger partial charge in [-0.05, 0) is 11.6 Å². The van der Waals surface area contributed by atoms with Crippen LogP contribution < -0.4 is 0 Å². The van der Waals surface area contributed by atoms with E-state index in [0.29, 0.717) is 5.76 Å². The zero-order valence-corrected chi connectivity index (χ0v) is 7.78. The number of hydrogen-bond acceptors (Lipinski definition) is 2. The molecule has 0 saturated heterocycles. The van der Waals surface area contributed by atoms with Crippen LogP contribution in [0.15, 0.2) is 36.1 Å². The number of rotatable bonds is 3. The molecule has 68 valence electrons. The van der Waals surface area contributed by atoms with Crippen LogP contribution in [0.25, 0.3) is 6.08 Å². The molecule has 1 rings (SSSR count). The van der Waals surface area contributed by atoms with Crippen LogP contribution >= 0.6 is 0 Å². The number of hydrogen-bond donors (Lipinski definition) is 0. The van der Waals surface area contributed by atoms with Crippen LogP contribution in [0.3, 0.4) is 0 Å². The Balaban J connectivity index is 2.92. The fraction of sp³-hybridized carbons (Fsp3) is 0.182. The highest BCUT2D eigenvalue weighted by atomic mass is 16.5. The molecule has 0 spiro atoms. The number of methoxy groups -OCH3 is 1. The van der Waals surface area contributed by atoms with E-state index in [2.05, 4.69) is 0 Å². The van der Waals surface area contributed by atoms with E-state index in [0.717, 1.165) is 5.56 Å². The fourth-order valence-corrected chi connectivity index (χ4v) is 1.00. The zero-order chi connectivity index (χ0) is 9.68. The molecule has 13 heavy (non-hydrogen) atoms. The molecular formula is C11H12O2. The van der Waals surface area contributed by atoms with Gasteiger partial charge >= 0.3 is 0 Å². The highest BCUT2D eigenvalue weighted by Crippen LogP contribution is 2.07. The average molecular weight is 176 g/mol. The number of carbonyl (C=O) groups is 1. The Kier molecular flexibility index (Phi) is 3.26. The molecule has 0 saturated carbocycles. The number of ether oxygens (including phenoxy) is 1. The largest absolute Gasteiger partial charge is 0.493 e. The molecule has 2 nitrogen and oxygen atoms in total. The lowest BCUT2D eigenvalue weighted by molar-refractivity contribution is -0.116. The van der Waals surface area contributed by atoms with Crippen molar-refractivity contribution in [3.05, 3.63) is 41.7 Å². The summed E-state index contributed by atoms with van der Waals surface area (Å²) in [6.07, 6.45) is 1.72. The summed E-state index contributed by atoms with van der Waals surface area (Å²) in [6.45, 7) is 1.48. The molecule has 0 atom stereocenters. The van der Waals surface area contributed by atoms with Gasteiger partial charge in [0, 0.05) is 6.92 Å². The van der Waals surface area contributed by atoms with E-state index >= 15 is 0 Å². The van der Waals surface area contributed by atoms with Gasteiger partial charge < -0.3 is 4.74 Å². The van der Waals surface area contributed by atoms with Gasteiger partial charge in [0.05, 0.1) is 7.11 Å². The molecule has 0 aliphatic carbocycles. The molecule has 0 aromatic heterocycles. The Hall–Kier alpha value is -1.57. The lowest BCUT2D eigenvalue weighted by atomic mass is 10.2. The predicted molar refractivity (Wildman–Crippen MR) is 52.1 cm³/mol. The van der Waals surface area contributed by atoms with Crippen molar-refractivity contribution in [2.75, 3.05) is 7.11 Å². The third-order valence-corrected chi connectivity index (χ3v) is 1.66. The lowest BCUT2D eigenvalue weighted by Gasteiger charge is -2.00. The summed E-state index contributed by atoms with van der Waals surface area (Å²) in [6, 6.07) is 9.60. The number of allylic oxidation sites excluding steroid dienone is 1. The van der Waals surface area contributed by atoms with E-state index in [1.54, 1.807) is 6.08 Å². The highest BCUT2D eigenvalue weighted by Gasteiger charge is 2.01. The Morgan fingerprint density at radius 3 is 2.38 bits per heavy atom. The Labute approximate surface area is 77.8 Å². The first-order valence-electron chi connectivity index (χ1n) is 4.05. The Morgan fingerprint density at radius 1 is 1.31 bits per heavy atom. The number of Topliss-reactive ketones (excluding diaryl/α,β-unsaturated/α-hetero) is 1. The van der Waals surface area contributed by atoms with Gasteiger partial charge in [0.25, 0.3) is 0 Å². The van der Waals surface area contributed by atoms with Gasteiger partial charge in [-0.1, -0.05) is 30.3 Å².